The van der Waals surface area contributed by atoms with E-state index in [4.69, 9.17) is 0 Å². The van der Waals surface area contributed by atoms with Crippen molar-refractivity contribution >= 4 is 11.0 Å². The molecule has 7 heteroatoms. The molecule has 1 saturated heterocycles. The van der Waals surface area contributed by atoms with Crippen molar-refractivity contribution in [2.75, 3.05) is 13.1 Å². The number of imidazole rings is 1. The van der Waals surface area contributed by atoms with Crippen molar-refractivity contribution in [3.8, 4) is 0 Å². The Balaban J connectivity index is 1.99. The lowest BCUT2D eigenvalue weighted by molar-refractivity contribution is -0.136. The van der Waals surface area contributed by atoms with E-state index in [2.05, 4.69) is 9.97 Å². The molecule has 1 aliphatic heterocycles. The minimum atomic E-state index is -4.43. The summed E-state index contributed by atoms with van der Waals surface area (Å²) >= 11 is 0. The number of aromatic amines is 1. The number of β-amino-alcohol motifs (C(OH)–C–C–N with tert-alkyl or cyclic N) is 1. The summed E-state index contributed by atoms with van der Waals surface area (Å²) in [5.41, 5.74) is 0.231. The maximum atomic E-state index is 13.2. The second kappa shape index (κ2) is 4.99. The van der Waals surface area contributed by atoms with E-state index in [1.54, 1.807) is 13.0 Å². The summed E-state index contributed by atoms with van der Waals surface area (Å²) in [6.07, 6.45) is -4.15. The maximum Gasteiger partial charge on any atom is 0.418 e. The molecule has 0 aliphatic carbocycles. The van der Waals surface area contributed by atoms with Crippen molar-refractivity contribution < 1.29 is 18.3 Å². The normalized spacial score (nSPS) is 20.5. The third-order valence-electron chi connectivity index (χ3n) is 3.72. The smallest absolute Gasteiger partial charge is 0.392 e. The summed E-state index contributed by atoms with van der Waals surface area (Å²) < 4.78 is 39.5. The minimum Gasteiger partial charge on any atom is -0.392 e. The monoisotopic (exact) mass is 299 g/mol. The van der Waals surface area contributed by atoms with E-state index < -0.39 is 11.7 Å². The highest BCUT2D eigenvalue weighted by Crippen LogP contribution is 2.35. The quantitative estimate of drug-likeness (QED) is 0.895. The first-order valence-electron chi connectivity index (χ1n) is 6.80. The van der Waals surface area contributed by atoms with Crippen LogP contribution in [0.2, 0.25) is 0 Å². The fourth-order valence-corrected chi connectivity index (χ4v) is 2.82. The molecule has 4 nitrogen and oxygen atoms in total. The van der Waals surface area contributed by atoms with Crippen LogP contribution in [-0.2, 0) is 12.7 Å². The van der Waals surface area contributed by atoms with Crippen molar-refractivity contribution in [1.29, 1.82) is 0 Å². The molecule has 1 fully saturated rings. The minimum absolute atomic E-state index is 0.0368. The van der Waals surface area contributed by atoms with Gasteiger partial charge in [0.05, 0.1) is 17.2 Å². The molecule has 1 aromatic heterocycles. The van der Waals surface area contributed by atoms with Crippen molar-refractivity contribution in [3.05, 3.63) is 29.1 Å². The van der Waals surface area contributed by atoms with E-state index in [-0.39, 0.29) is 11.6 Å². The second-order valence-electron chi connectivity index (χ2n) is 5.54. The number of halogens is 3. The van der Waals surface area contributed by atoms with Gasteiger partial charge in [-0.15, -0.1) is 0 Å². The first-order valence-corrected chi connectivity index (χ1v) is 6.80. The van der Waals surface area contributed by atoms with Gasteiger partial charge < -0.3 is 10.1 Å². The van der Waals surface area contributed by atoms with E-state index in [1.165, 1.54) is 0 Å². The van der Waals surface area contributed by atoms with E-state index in [0.29, 0.717) is 43.0 Å². The van der Waals surface area contributed by atoms with Crippen molar-refractivity contribution in [2.24, 2.45) is 0 Å². The lowest BCUT2D eigenvalue weighted by atomic mass is 10.1. The number of likely N-dealkylation sites (tertiary alicyclic amines) is 1. The number of fused-ring (bicyclic) bond motifs is 1. The van der Waals surface area contributed by atoms with Gasteiger partial charge >= 0.3 is 6.18 Å². The van der Waals surface area contributed by atoms with Gasteiger partial charge in [-0.25, -0.2) is 4.98 Å². The number of rotatable bonds is 2. The predicted molar refractivity (Wildman–Crippen MR) is 71.7 cm³/mol. The van der Waals surface area contributed by atoms with Gasteiger partial charge in [0.1, 0.15) is 11.3 Å². The van der Waals surface area contributed by atoms with Crippen LogP contribution in [0.3, 0.4) is 0 Å². The molecule has 0 amide bonds. The molecule has 21 heavy (non-hydrogen) atoms. The maximum absolute atomic E-state index is 13.2. The Labute approximate surface area is 119 Å². The molecule has 0 bridgehead atoms. The molecule has 2 N–H and O–H groups in total. The molecule has 1 aromatic carbocycles. The average molecular weight is 299 g/mol. The Kier molecular flexibility index (Phi) is 3.41. The fourth-order valence-electron chi connectivity index (χ4n) is 2.82. The number of aryl methyl sites for hydroxylation is 1. The third-order valence-corrected chi connectivity index (χ3v) is 3.72. The second-order valence-corrected chi connectivity index (χ2v) is 5.54. The lowest BCUT2D eigenvalue weighted by Gasteiger charge is -2.16. The highest BCUT2D eigenvalue weighted by Gasteiger charge is 2.34. The summed E-state index contributed by atoms with van der Waals surface area (Å²) in [7, 11) is 0. The number of nitrogens with zero attached hydrogens (tertiary/aromatic N) is 2. The van der Waals surface area contributed by atoms with Gasteiger partial charge in [0.25, 0.3) is 0 Å². The summed E-state index contributed by atoms with van der Waals surface area (Å²) in [6.45, 7) is 3.23. The van der Waals surface area contributed by atoms with E-state index >= 15 is 0 Å². The Hall–Kier alpha value is -1.60. The summed E-state index contributed by atoms with van der Waals surface area (Å²) in [6, 6.07) is 2.86. The van der Waals surface area contributed by atoms with Crippen molar-refractivity contribution in [2.45, 2.75) is 32.2 Å². The number of hydrogen-bond donors (Lipinski definition) is 2. The third kappa shape index (κ3) is 2.89. The number of aromatic nitrogens is 2. The van der Waals surface area contributed by atoms with Crippen LogP contribution in [0.15, 0.2) is 12.1 Å². The van der Waals surface area contributed by atoms with Gasteiger partial charge in [-0.1, -0.05) is 0 Å². The van der Waals surface area contributed by atoms with Gasteiger partial charge in [0, 0.05) is 19.6 Å². The Bertz CT molecular complexity index is 665. The predicted octanol–water partition coefficient (Wildman–Crippen LogP) is 2.46. The van der Waals surface area contributed by atoms with E-state index in [1.807, 2.05) is 4.90 Å². The highest BCUT2D eigenvalue weighted by atomic mass is 19.4. The molecule has 2 aromatic rings. The van der Waals surface area contributed by atoms with Gasteiger partial charge in [0.2, 0.25) is 0 Å². The van der Waals surface area contributed by atoms with Crippen LogP contribution in [0, 0.1) is 6.92 Å². The molecular weight excluding hydrogens is 283 g/mol. The molecule has 3 rings (SSSR count). The molecule has 0 radical (unpaired) electrons. The van der Waals surface area contributed by atoms with Crippen LogP contribution >= 0.6 is 0 Å². The molecule has 1 aliphatic rings. The lowest BCUT2D eigenvalue weighted by Crippen LogP contribution is -2.21. The van der Waals surface area contributed by atoms with Gasteiger partial charge in [0.15, 0.2) is 0 Å². The summed E-state index contributed by atoms with van der Waals surface area (Å²) in [4.78, 5) is 8.75. The zero-order valence-corrected chi connectivity index (χ0v) is 11.5. The van der Waals surface area contributed by atoms with Crippen LogP contribution < -0.4 is 0 Å². The zero-order valence-electron chi connectivity index (χ0n) is 11.5. The number of alkyl halides is 3. The Morgan fingerprint density at radius 2 is 2.19 bits per heavy atom. The van der Waals surface area contributed by atoms with Crippen LogP contribution in [0.1, 0.15) is 23.4 Å². The van der Waals surface area contributed by atoms with E-state index in [9.17, 15) is 18.3 Å². The Morgan fingerprint density at radius 1 is 1.43 bits per heavy atom. The Morgan fingerprint density at radius 3 is 2.81 bits per heavy atom. The SMILES string of the molecule is Cc1nc2c(C(F)(F)F)cc(CN3CCC(O)C3)cc2[nH]1. The van der Waals surface area contributed by atoms with Crippen LogP contribution in [0.25, 0.3) is 11.0 Å². The zero-order chi connectivity index (χ0) is 15.2. The topological polar surface area (TPSA) is 52.1 Å². The van der Waals surface area contributed by atoms with Gasteiger partial charge in [-0.2, -0.15) is 13.2 Å². The number of nitrogens with one attached hydrogen (secondary N) is 1. The number of aliphatic hydroxyl groups excluding tert-OH is 1. The first kappa shape index (κ1) is 14.3. The first-order chi connectivity index (χ1) is 9.83. The number of H-pyrrole nitrogens is 1. The summed E-state index contributed by atoms with van der Waals surface area (Å²) in [5, 5.41) is 9.50. The average Bonchev–Trinajstić information content (AvgIpc) is 2.92. The number of aliphatic hydroxyl groups is 1. The van der Waals surface area contributed by atoms with Gasteiger partial charge in [-0.3, -0.25) is 4.90 Å². The molecule has 1 unspecified atom stereocenters. The molecular formula is C14H16F3N3O. The molecule has 114 valence electrons. The number of hydrogen-bond acceptors (Lipinski definition) is 3. The van der Waals surface area contributed by atoms with E-state index in [0.717, 1.165) is 6.07 Å². The molecule has 0 saturated carbocycles. The van der Waals surface area contributed by atoms with Crippen LogP contribution in [0.4, 0.5) is 13.2 Å². The van der Waals surface area contributed by atoms with Gasteiger partial charge in [-0.05, 0) is 31.0 Å². The summed E-state index contributed by atoms with van der Waals surface area (Å²) in [5.74, 6) is 0.462. The fraction of sp³-hybridized carbons (Fsp3) is 0.500. The van der Waals surface area contributed by atoms with Crippen molar-refractivity contribution in [3.63, 3.8) is 0 Å². The van der Waals surface area contributed by atoms with Crippen molar-refractivity contribution in [1.82, 2.24) is 14.9 Å². The number of benzene rings is 1. The standard InChI is InChI=1S/C14H16F3N3O/c1-8-18-12-5-9(6-20-3-2-10(21)7-20)4-11(13(12)19-8)14(15,16)17/h4-5,10,21H,2-3,6-7H2,1H3,(H,18,19). The van der Waals surface area contributed by atoms with Crippen LogP contribution in [0.5, 0.6) is 0 Å². The highest BCUT2D eigenvalue weighted by molar-refractivity contribution is 5.80. The largest absolute Gasteiger partial charge is 0.418 e. The molecule has 1 atom stereocenters. The molecule has 0 spiro atoms. The molecule has 2 heterocycles. The van der Waals surface area contributed by atoms with Crippen LogP contribution in [-0.4, -0.2) is 39.2 Å².